The molecule has 0 bridgehead atoms. The van der Waals surface area contributed by atoms with E-state index in [9.17, 15) is 5.26 Å². The lowest BCUT2D eigenvalue weighted by Gasteiger charge is -1.99. The van der Waals surface area contributed by atoms with Crippen molar-refractivity contribution in [3.8, 4) is 17.4 Å². The Balaban J connectivity index is 1.72. The summed E-state index contributed by atoms with van der Waals surface area (Å²) < 4.78 is 6.89. The molecule has 0 aliphatic carbocycles. The number of thiazole rings is 1. The fourth-order valence-electron chi connectivity index (χ4n) is 2.51. The summed E-state index contributed by atoms with van der Waals surface area (Å²) in [6.07, 6.45) is 1.71. The molecule has 120 valence electrons. The van der Waals surface area contributed by atoms with Crippen molar-refractivity contribution < 1.29 is 4.42 Å². The second kappa shape index (κ2) is 6.56. The fourth-order valence-corrected chi connectivity index (χ4v) is 3.67. The van der Waals surface area contributed by atoms with Crippen LogP contribution in [0.5, 0.6) is 0 Å². The second-order valence-corrected chi connectivity index (χ2v) is 6.78. The zero-order chi connectivity index (χ0) is 17.2. The van der Waals surface area contributed by atoms with Crippen LogP contribution in [0.3, 0.4) is 0 Å². The molecule has 2 aromatic heterocycles. The molecule has 4 aromatic rings. The number of furan rings is 1. The molecule has 0 saturated carbocycles. The van der Waals surface area contributed by atoms with Crippen molar-refractivity contribution in [3.05, 3.63) is 76.5 Å². The Bertz CT molecular complexity index is 1100. The van der Waals surface area contributed by atoms with Crippen molar-refractivity contribution in [2.75, 3.05) is 0 Å². The number of aromatic nitrogens is 1. The third-order valence-electron chi connectivity index (χ3n) is 3.70. The Hall–Kier alpha value is -2.87. The monoisotopic (exact) mass is 362 g/mol. The summed E-state index contributed by atoms with van der Waals surface area (Å²) in [6.45, 7) is 0. The topological polar surface area (TPSA) is 49.8 Å². The molecule has 0 atom stereocenters. The lowest BCUT2D eigenvalue weighted by atomic mass is 10.2. The van der Waals surface area contributed by atoms with Crippen LogP contribution in [0.4, 0.5) is 0 Å². The van der Waals surface area contributed by atoms with Crippen molar-refractivity contribution >= 4 is 44.8 Å². The van der Waals surface area contributed by atoms with E-state index in [0.717, 1.165) is 15.8 Å². The maximum Gasteiger partial charge on any atom is 0.136 e. The van der Waals surface area contributed by atoms with Gasteiger partial charge in [0, 0.05) is 11.6 Å². The third-order valence-corrected chi connectivity index (χ3v) is 5.10. The van der Waals surface area contributed by atoms with E-state index in [-0.39, 0.29) is 0 Å². The number of para-hydroxylation sites is 1. The molecule has 25 heavy (non-hydrogen) atoms. The zero-order valence-electron chi connectivity index (χ0n) is 12.9. The van der Waals surface area contributed by atoms with Crippen LogP contribution in [-0.2, 0) is 0 Å². The van der Waals surface area contributed by atoms with E-state index in [1.54, 1.807) is 6.08 Å². The van der Waals surface area contributed by atoms with Crippen molar-refractivity contribution in [3.63, 3.8) is 0 Å². The SMILES string of the molecule is N#C/C(=C\c1ccc(-c2ccccc2Cl)o1)c1nc2ccccc2s1. The Labute approximate surface area is 153 Å². The lowest BCUT2D eigenvalue weighted by Crippen LogP contribution is -1.79. The van der Waals surface area contributed by atoms with Gasteiger partial charge >= 0.3 is 0 Å². The average molecular weight is 363 g/mol. The van der Waals surface area contributed by atoms with Crippen molar-refractivity contribution in [2.45, 2.75) is 0 Å². The first kappa shape index (κ1) is 15.6. The number of hydrogen-bond donors (Lipinski definition) is 0. The van der Waals surface area contributed by atoms with Gasteiger partial charge in [-0.05, 0) is 36.4 Å². The minimum atomic E-state index is 0.473. The van der Waals surface area contributed by atoms with Gasteiger partial charge < -0.3 is 4.42 Å². The third kappa shape index (κ3) is 3.08. The summed E-state index contributed by atoms with van der Waals surface area (Å²) in [4.78, 5) is 4.52. The highest BCUT2D eigenvalue weighted by Gasteiger charge is 2.11. The van der Waals surface area contributed by atoms with Gasteiger partial charge in [-0.1, -0.05) is 35.9 Å². The highest BCUT2D eigenvalue weighted by atomic mass is 35.5. The van der Waals surface area contributed by atoms with E-state index in [1.165, 1.54) is 11.3 Å². The van der Waals surface area contributed by atoms with E-state index in [4.69, 9.17) is 16.0 Å². The van der Waals surface area contributed by atoms with Gasteiger partial charge in [0.05, 0.1) is 20.8 Å². The predicted octanol–water partition coefficient (Wildman–Crippen LogP) is 6.27. The molecule has 0 amide bonds. The molecule has 2 heterocycles. The molecule has 5 heteroatoms. The number of hydrogen-bond acceptors (Lipinski definition) is 4. The normalized spacial score (nSPS) is 11.6. The molecule has 0 radical (unpaired) electrons. The zero-order valence-corrected chi connectivity index (χ0v) is 14.5. The Morgan fingerprint density at radius 2 is 1.88 bits per heavy atom. The van der Waals surface area contributed by atoms with Crippen LogP contribution in [0, 0.1) is 11.3 Å². The number of benzene rings is 2. The molecule has 0 saturated heterocycles. The van der Waals surface area contributed by atoms with Crippen molar-refractivity contribution in [1.29, 1.82) is 5.26 Å². The van der Waals surface area contributed by atoms with Crippen LogP contribution >= 0.6 is 22.9 Å². The van der Waals surface area contributed by atoms with Gasteiger partial charge in [0.1, 0.15) is 22.6 Å². The first-order chi connectivity index (χ1) is 12.2. The van der Waals surface area contributed by atoms with Crippen LogP contribution in [0.1, 0.15) is 10.8 Å². The van der Waals surface area contributed by atoms with Gasteiger partial charge in [-0.15, -0.1) is 11.3 Å². The van der Waals surface area contributed by atoms with Gasteiger partial charge in [0.15, 0.2) is 0 Å². The highest BCUT2D eigenvalue weighted by Crippen LogP contribution is 2.31. The number of allylic oxidation sites excluding steroid dienone is 1. The summed E-state index contributed by atoms with van der Waals surface area (Å²) >= 11 is 7.70. The van der Waals surface area contributed by atoms with Crippen LogP contribution in [-0.4, -0.2) is 4.98 Å². The molecule has 0 aliphatic heterocycles. The molecule has 0 unspecified atom stereocenters. The number of halogens is 1. The quantitative estimate of drug-likeness (QED) is 0.403. The van der Waals surface area contributed by atoms with Crippen molar-refractivity contribution in [1.82, 2.24) is 4.98 Å². The summed E-state index contributed by atoms with van der Waals surface area (Å²) in [6, 6.07) is 21.2. The Morgan fingerprint density at radius 3 is 2.68 bits per heavy atom. The smallest absolute Gasteiger partial charge is 0.136 e. The number of rotatable bonds is 3. The number of nitrogens with zero attached hydrogens (tertiary/aromatic N) is 2. The summed E-state index contributed by atoms with van der Waals surface area (Å²) in [5, 5.41) is 10.8. The summed E-state index contributed by atoms with van der Waals surface area (Å²) in [7, 11) is 0. The first-order valence-electron chi connectivity index (χ1n) is 7.57. The van der Waals surface area contributed by atoms with Gasteiger partial charge in [0.2, 0.25) is 0 Å². The molecule has 3 nitrogen and oxygen atoms in total. The van der Waals surface area contributed by atoms with E-state index < -0.39 is 0 Å². The van der Waals surface area contributed by atoms with Gasteiger partial charge in [-0.2, -0.15) is 5.26 Å². The summed E-state index contributed by atoms with van der Waals surface area (Å²) in [5.41, 5.74) is 2.18. The average Bonchev–Trinajstić information content (AvgIpc) is 3.26. The number of nitriles is 1. The minimum Gasteiger partial charge on any atom is -0.457 e. The van der Waals surface area contributed by atoms with Crippen LogP contribution in [0.2, 0.25) is 5.02 Å². The molecular weight excluding hydrogens is 352 g/mol. The van der Waals surface area contributed by atoms with Crippen LogP contribution in [0.25, 0.3) is 33.2 Å². The minimum absolute atomic E-state index is 0.473. The molecule has 4 rings (SSSR count). The first-order valence-corrected chi connectivity index (χ1v) is 8.76. The molecule has 0 aliphatic rings. The highest BCUT2D eigenvalue weighted by molar-refractivity contribution is 7.19. The van der Waals surface area contributed by atoms with E-state index >= 15 is 0 Å². The standard InChI is InChI=1S/C20H11ClN2OS/c21-16-6-2-1-5-15(16)18-10-9-14(24-18)11-13(12-22)20-23-17-7-3-4-8-19(17)25-20/h1-11H/b13-11+. The summed E-state index contributed by atoms with van der Waals surface area (Å²) in [5.74, 6) is 1.25. The van der Waals surface area contributed by atoms with Gasteiger partial charge in [-0.25, -0.2) is 4.98 Å². The van der Waals surface area contributed by atoms with Crippen LogP contribution < -0.4 is 0 Å². The van der Waals surface area contributed by atoms with E-state index in [0.29, 0.717) is 27.1 Å². The molecule has 2 aromatic carbocycles. The maximum atomic E-state index is 9.52. The van der Waals surface area contributed by atoms with Crippen molar-refractivity contribution in [2.24, 2.45) is 0 Å². The molecular formula is C20H11ClN2OS. The Kier molecular flexibility index (Phi) is 4.10. The molecule has 0 fully saturated rings. The number of fused-ring (bicyclic) bond motifs is 1. The maximum absolute atomic E-state index is 9.52. The fraction of sp³-hybridized carbons (Fsp3) is 0. The predicted molar refractivity (Wildman–Crippen MR) is 102 cm³/mol. The van der Waals surface area contributed by atoms with Gasteiger partial charge in [0.25, 0.3) is 0 Å². The van der Waals surface area contributed by atoms with Crippen LogP contribution in [0.15, 0.2) is 65.1 Å². The molecule has 0 N–H and O–H groups in total. The van der Waals surface area contributed by atoms with Gasteiger partial charge in [-0.3, -0.25) is 0 Å². The van der Waals surface area contributed by atoms with E-state index in [1.807, 2.05) is 60.7 Å². The van der Waals surface area contributed by atoms with E-state index in [2.05, 4.69) is 11.1 Å². The second-order valence-electron chi connectivity index (χ2n) is 5.34. The lowest BCUT2D eigenvalue weighted by molar-refractivity contribution is 0.572. The molecule has 0 spiro atoms. The Morgan fingerprint density at radius 1 is 1.08 bits per heavy atom. The largest absolute Gasteiger partial charge is 0.457 e.